The number of aliphatic hydroxyl groups is 1. The maximum Gasteiger partial charge on any atom is 0.326 e. The highest BCUT2D eigenvalue weighted by Crippen LogP contribution is 2.03. The van der Waals surface area contributed by atoms with Crippen molar-refractivity contribution < 1.29 is 29.7 Å². The van der Waals surface area contributed by atoms with Gasteiger partial charge >= 0.3 is 18.0 Å². The quantitative estimate of drug-likeness (QED) is 0.458. The van der Waals surface area contributed by atoms with E-state index in [-0.39, 0.29) is 32.4 Å². The number of urea groups is 1. The van der Waals surface area contributed by atoms with Crippen LogP contribution in [0.15, 0.2) is 0 Å². The van der Waals surface area contributed by atoms with E-state index < -0.39 is 24.0 Å². The van der Waals surface area contributed by atoms with Crippen LogP contribution in [0, 0.1) is 0 Å². The van der Waals surface area contributed by atoms with Gasteiger partial charge in [-0.2, -0.15) is 0 Å². The first kappa shape index (κ1) is 17.2. The van der Waals surface area contributed by atoms with Crippen molar-refractivity contribution in [3.8, 4) is 0 Å². The van der Waals surface area contributed by atoms with Gasteiger partial charge in [-0.15, -0.1) is 0 Å². The largest absolute Gasteiger partial charge is 0.481 e. The normalized spacial score (nSPS) is 11.7. The van der Waals surface area contributed by atoms with Crippen LogP contribution in [0.4, 0.5) is 4.79 Å². The van der Waals surface area contributed by atoms with E-state index in [0.29, 0.717) is 6.54 Å². The number of carbonyl (C=O) groups excluding carboxylic acids is 1. The van der Waals surface area contributed by atoms with Crippen molar-refractivity contribution in [2.24, 2.45) is 0 Å². The Morgan fingerprint density at radius 3 is 2.32 bits per heavy atom. The summed E-state index contributed by atoms with van der Waals surface area (Å²) in [6, 6.07) is -1.71. The molecule has 0 saturated carbocycles. The first-order valence-corrected chi connectivity index (χ1v) is 6.03. The number of nitrogens with zero attached hydrogens (tertiary/aromatic N) is 1. The van der Waals surface area contributed by atoms with Gasteiger partial charge in [0.2, 0.25) is 0 Å². The highest BCUT2D eigenvalue weighted by Gasteiger charge is 2.22. The second-order valence-corrected chi connectivity index (χ2v) is 3.93. The Morgan fingerprint density at radius 2 is 1.89 bits per heavy atom. The lowest BCUT2D eigenvalue weighted by Crippen LogP contribution is -2.48. The second-order valence-electron chi connectivity index (χ2n) is 3.93. The zero-order chi connectivity index (χ0) is 14.8. The van der Waals surface area contributed by atoms with Crippen molar-refractivity contribution in [2.45, 2.75) is 32.2 Å². The maximum absolute atomic E-state index is 11.7. The van der Waals surface area contributed by atoms with E-state index in [1.54, 1.807) is 6.92 Å². The van der Waals surface area contributed by atoms with Gasteiger partial charge in [0.15, 0.2) is 0 Å². The molecule has 0 heterocycles. The first-order valence-electron chi connectivity index (χ1n) is 6.03. The van der Waals surface area contributed by atoms with Gasteiger partial charge in [0.1, 0.15) is 6.04 Å². The molecule has 1 atom stereocenters. The summed E-state index contributed by atoms with van der Waals surface area (Å²) >= 11 is 0. The minimum absolute atomic E-state index is 0.0457. The predicted molar refractivity (Wildman–Crippen MR) is 65.8 cm³/mol. The van der Waals surface area contributed by atoms with Crippen LogP contribution < -0.4 is 5.32 Å². The number of aliphatic carboxylic acids is 2. The van der Waals surface area contributed by atoms with Crippen molar-refractivity contribution >= 4 is 18.0 Å². The van der Waals surface area contributed by atoms with E-state index in [9.17, 15) is 14.4 Å². The molecule has 8 heteroatoms. The van der Waals surface area contributed by atoms with Crippen LogP contribution >= 0.6 is 0 Å². The molecule has 0 fully saturated rings. The average molecular weight is 276 g/mol. The summed E-state index contributed by atoms with van der Waals surface area (Å²) < 4.78 is 0. The van der Waals surface area contributed by atoms with Gasteiger partial charge in [-0.1, -0.05) is 0 Å². The van der Waals surface area contributed by atoms with Crippen LogP contribution in [0.1, 0.15) is 26.2 Å². The Kier molecular flexibility index (Phi) is 8.27. The summed E-state index contributed by atoms with van der Waals surface area (Å²) in [6.45, 7) is 1.95. The van der Waals surface area contributed by atoms with E-state index in [2.05, 4.69) is 5.32 Å². The molecular weight excluding hydrogens is 256 g/mol. The molecule has 0 aromatic carbocycles. The van der Waals surface area contributed by atoms with Gasteiger partial charge < -0.3 is 25.5 Å². The summed E-state index contributed by atoms with van der Waals surface area (Å²) in [6.07, 6.45) is 0.0660. The molecule has 110 valence electrons. The Morgan fingerprint density at radius 1 is 1.26 bits per heavy atom. The van der Waals surface area contributed by atoms with Crippen LogP contribution in [0.3, 0.4) is 0 Å². The van der Waals surface area contributed by atoms with E-state index in [0.717, 1.165) is 0 Å². The van der Waals surface area contributed by atoms with Crippen LogP contribution in [-0.4, -0.2) is 63.9 Å². The van der Waals surface area contributed by atoms with Crippen molar-refractivity contribution in [1.82, 2.24) is 10.2 Å². The minimum atomic E-state index is -1.21. The molecule has 0 spiro atoms. The number of hydrogen-bond donors (Lipinski definition) is 4. The van der Waals surface area contributed by atoms with E-state index in [1.807, 2.05) is 0 Å². The molecule has 0 rings (SSSR count). The summed E-state index contributed by atoms with van der Waals surface area (Å²) in [5.41, 5.74) is 0. The molecule has 0 bridgehead atoms. The standard InChI is InChI=1S/C11H20N2O6/c1-2-13(6-7-14)11(19)12-8(10(17)18)4-3-5-9(15)16/h8,14H,2-7H2,1H3,(H,12,19)(H,15,16)(H,17,18)/t8-/m1/s1. The van der Waals surface area contributed by atoms with Crippen LogP contribution in [0.25, 0.3) is 0 Å². The monoisotopic (exact) mass is 276 g/mol. The lowest BCUT2D eigenvalue weighted by Gasteiger charge is -2.23. The smallest absolute Gasteiger partial charge is 0.326 e. The lowest BCUT2D eigenvalue weighted by molar-refractivity contribution is -0.140. The third-order valence-electron chi connectivity index (χ3n) is 2.52. The van der Waals surface area contributed by atoms with Gasteiger partial charge in [0, 0.05) is 19.5 Å². The molecule has 8 nitrogen and oxygen atoms in total. The second kappa shape index (κ2) is 9.15. The van der Waals surface area contributed by atoms with Gasteiger partial charge in [-0.3, -0.25) is 4.79 Å². The van der Waals surface area contributed by atoms with Crippen molar-refractivity contribution in [1.29, 1.82) is 0 Å². The SMILES string of the molecule is CCN(CCO)C(=O)N[C@H](CCCC(=O)O)C(=O)O. The average Bonchev–Trinajstić information content (AvgIpc) is 2.33. The zero-order valence-corrected chi connectivity index (χ0v) is 10.8. The van der Waals surface area contributed by atoms with E-state index in [4.69, 9.17) is 15.3 Å². The molecule has 0 aliphatic carbocycles. The number of likely N-dealkylation sites (N-methyl/N-ethyl adjacent to an activating group) is 1. The maximum atomic E-state index is 11.7. The van der Waals surface area contributed by atoms with Gasteiger partial charge in [0.25, 0.3) is 0 Å². The van der Waals surface area contributed by atoms with Crippen molar-refractivity contribution in [3.05, 3.63) is 0 Å². The lowest BCUT2D eigenvalue weighted by atomic mass is 10.1. The van der Waals surface area contributed by atoms with Crippen molar-refractivity contribution in [3.63, 3.8) is 0 Å². The third kappa shape index (κ3) is 7.24. The predicted octanol–water partition coefficient (Wildman–Crippen LogP) is -0.282. The topological polar surface area (TPSA) is 127 Å². The number of amides is 2. The fraction of sp³-hybridized carbons (Fsp3) is 0.727. The fourth-order valence-corrected chi connectivity index (χ4v) is 1.48. The van der Waals surface area contributed by atoms with Gasteiger partial charge in [-0.05, 0) is 19.8 Å². The molecule has 4 N–H and O–H groups in total. The van der Waals surface area contributed by atoms with Gasteiger partial charge in [-0.25, -0.2) is 9.59 Å². The Labute approximate surface area is 111 Å². The molecule has 0 aromatic heterocycles. The molecule has 0 aromatic rings. The van der Waals surface area contributed by atoms with E-state index >= 15 is 0 Å². The first-order chi connectivity index (χ1) is 8.92. The number of aliphatic hydroxyl groups excluding tert-OH is 1. The van der Waals surface area contributed by atoms with Crippen LogP contribution in [-0.2, 0) is 9.59 Å². The molecule has 2 amide bonds. The number of carbonyl (C=O) groups is 3. The molecule has 0 aliphatic rings. The molecule has 0 unspecified atom stereocenters. The Hall–Kier alpha value is -1.83. The molecule has 0 aliphatic heterocycles. The molecular formula is C11H20N2O6. The number of carboxylic acid groups (broad SMARTS) is 2. The van der Waals surface area contributed by atoms with Crippen LogP contribution in [0.2, 0.25) is 0 Å². The van der Waals surface area contributed by atoms with Crippen molar-refractivity contribution in [2.75, 3.05) is 19.7 Å². The zero-order valence-electron chi connectivity index (χ0n) is 10.8. The summed E-state index contributed by atoms with van der Waals surface area (Å²) in [7, 11) is 0. The number of nitrogens with one attached hydrogen (secondary N) is 1. The molecule has 0 radical (unpaired) electrons. The number of rotatable bonds is 9. The van der Waals surface area contributed by atoms with Crippen LogP contribution in [0.5, 0.6) is 0 Å². The summed E-state index contributed by atoms with van der Waals surface area (Å²) in [5, 5.41) is 28.5. The Balaban J connectivity index is 4.36. The fourth-order valence-electron chi connectivity index (χ4n) is 1.48. The highest BCUT2D eigenvalue weighted by molar-refractivity contribution is 5.82. The highest BCUT2D eigenvalue weighted by atomic mass is 16.4. The van der Waals surface area contributed by atoms with Gasteiger partial charge in [0.05, 0.1) is 6.61 Å². The molecule has 19 heavy (non-hydrogen) atoms. The minimum Gasteiger partial charge on any atom is -0.481 e. The number of carboxylic acids is 2. The molecule has 0 saturated heterocycles. The third-order valence-corrected chi connectivity index (χ3v) is 2.52. The Bertz CT molecular complexity index is 320. The summed E-state index contributed by atoms with van der Waals surface area (Å²) in [5.74, 6) is -2.22. The summed E-state index contributed by atoms with van der Waals surface area (Å²) in [4.78, 5) is 34.3. The van der Waals surface area contributed by atoms with E-state index in [1.165, 1.54) is 4.90 Å². The number of hydrogen-bond acceptors (Lipinski definition) is 4.